The van der Waals surface area contributed by atoms with E-state index in [4.69, 9.17) is 0 Å². The Morgan fingerprint density at radius 2 is 1.94 bits per heavy atom. The number of piperidine rings is 1. The smallest absolute Gasteiger partial charge is 0.348 e. The van der Waals surface area contributed by atoms with Gasteiger partial charge in [-0.15, -0.1) is 18.3 Å². The molecule has 3 heterocycles. The lowest BCUT2D eigenvalue weighted by Crippen LogP contribution is -2.54. The van der Waals surface area contributed by atoms with E-state index >= 15 is 0 Å². The third-order valence-corrected chi connectivity index (χ3v) is 7.13. The zero-order valence-electron chi connectivity index (χ0n) is 16.8. The molecule has 1 saturated carbocycles. The van der Waals surface area contributed by atoms with E-state index in [9.17, 15) is 26.0 Å². The van der Waals surface area contributed by atoms with Crippen molar-refractivity contribution < 1.29 is 30.7 Å². The molecule has 0 aromatic carbocycles. The summed E-state index contributed by atoms with van der Waals surface area (Å²) in [5, 5.41) is 7.15. The van der Waals surface area contributed by atoms with Crippen LogP contribution < -0.4 is 5.32 Å². The highest BCUT2D eigenvalue weighted by Gasteiger charge is 2.42. The van der Waals surface area contributed by atoms with Crippen molar-refractivity contribution in [2.24, 2.45) is 0 Å². The molecule has 2 fully saturated rings. The van der Waals surface area contributed by atoms with Crippen LogP contribution in [0, 0.1) is 5.82 Å². The molecule has 31 heavy (non-hydrogen) atoms. The van der Waals surface area contributed by atoms with Gasteiger partial charge in [-0.1, -0.05) is 12.8 Å². The van der Waals surface area contributed by atoms with Gasteiger partial charge in [0.1, 0.15) is 11.6 Å². The summed E-state index contributed by atoms with van der Waals surface area (Å²) in [6.07, 6.45) is -0.204. The Morgan fingerprint density at radius 3 is 2.58 bits per heavy atom. The van der Waals surface area contributed by atoms with Crippen molar-refractivity contribution in [1.82, 2.24) is 18.9 Å². The number of aromatic nitrogens is 3. The minimum atomic E-state index is -4.94. The molecule has 1 aliphatic heterocycles. The third-order valence-electron chi connectivity index (χ3n) is 5.86. The molecule has 1 N–H and O–H groups in total. The zero-order chi connectivity index (χ0) is 22.4. The lowest BCUT2D eigenvalue weighted by molar-refractivity contribution is -0.346. The number of rotatable bonds is 5. The van der Waals surface area contributed by atoms with Gasteiger partial charge in [-0.3, -0.25) is 4.74 Å². The molecule has 2 atom stereocenters. The van der Waals surface area contributed by atoms with Gasteiger partial charge in [-0.2, -0.15) is 4.31 Å². The summed E-state index contributed by atoms with van der Waals surface area (Å²) in [5.41, 5.74) is 0.910. The molecule has 4 rings (SSSR count). The Balaban J connectivity index is 1.59. The SMILES string of the molecule is CS(=O)(=O)N1CC[C@@H](Nc2ncc3c(F)cc(C4CCCC4)n3n2)[C@H](OC(F)(F)F)C1. The van der Waals surface area contributed by atoms with Gasteiger partial charge in [0.15, 0.2) is 5.82 Å². The first-order chi connectivity index (χ1) is 14.5. The predicted molar refractivity (Wildman–Crippen MR) is 104 cm³/mol. The van der Waals surface area contributed by atoms with Gasteiger partial charge >= 0.3 is 6.36 Å². The number of anilines is 1. The number of hydrogen-bond acceptors (Lipinski definition) is 6. The fourth-order valence-corrected chi connectivity index (χ4v) is 5.22. The van der Waals surface area contributed by atoms with E-state index in [-0.39, 0.29) is 30.3 Å². The fraction of sp³-hybridized carbons (Fsp3) is 0.667. The lowest BCUT2D eigenvalue weighted by atomic mass is 10.0. The van der Waals surface area contributed by atoms with Crippen molar-refractivity contribution in [2.45, 2.75) is 56.5 Å². The van der Waals surface area contributed by atoms with Crippen LogP contribution in [0.5, 0.6) is 0 Å². The highest BCUT2D eigenvalue weighted by Crippen LogP contribution is 2.35. The molecule has 0 spiro atoms. The van der Waals surface area contributed by atoms with Crippen LogP contribution in [0.1, 0.15) is 43.7 Å². The summed E-state index contributed by atoms with van der Waals surface area (Å²) in [6, 6.07) is 0.552. The van der Waals surface area contributed by atoms with Crippen molar-refractivity contribution in [3.05, 3.63) is 23.8 Å². The molecule has 2 aliphatic rings. The van der Waals surface area contributed by atoms with Crippen molar-refractivity contribution in [2.75, 3.05) is 24.7 Å². The van der Waals surface area contributed by atoms with Gasteiger partial charge in [-0.25, -0.2) is 22.3 Å². The van der Waals surface area contributed by atoms with Gasteiger partial charge in [0.25, 0.3) is 0 Å². The van der Waals surface area contributed by atoms with Crippen molar-refractivity contribution >= 4 is 21.5 Å². The molecule has 172 valence electrons. The van der Waals surface area contributed by atoms with E-state index in [0.29, 0.717) is 5.69 Å². The number of nitrogens with one attached hydrogen (secondary N) is 1. The normalized spacial score (nSPS) is 24.2. The zero-order valence-corrected chi connectivity index (χ0v) is 17.6. The van der Waals surface area contributed by atoms with Crippen LogP contribution in [0.2, 0.25) is 0 Å². The number of ether oxygens (including phenoxy) is 1. The number of hydrogen-bond donors (Lipinski definition) is 1. The number of halogens is 4. The summed E-state index contributed by atoms with van der Waals surface area (Å²) >= 11 is 0. The van der Waals surface area contributed by atoms with E-state index < -0.39 is 40.9 Å². The molecule has 1 saturated heterocycles. The second-order valence-electron chi connectivity index (χ2n) is 8.04. The summed E-state index contributed by atoms with van der Waals surface area (Å²) in [7, 11) is -3.67. The standard InChI is InChI=1S/C18H23F4N5O3S/c1-31(28,29)26-7-6-13(16(10-26)30-18(20,21)22)24-17-23-9-15-12(19)8-14(27(15)25-17)11-4-2-3-5-11/h8-9,11,13,16H,2-7,10H2,1H3,(H,24,25)/t13-,16-/m1/s1. The van der Waals surface area contributed by atoms with Crippen molar-refractivity contribution in [3.63, 3.8) is 0 Å². The first-order valence-corrected chi connectivity index (χ1v) is 11.9. The molecular weight excluding hydrogens is 442 g/mol. The van der Waals surface area contributed by atoms with Crippen LogP contribution in [0.3, 0.4) is 0 Å². The van der Waals surface area contributed by atoms with E-state index in [1.165, 1.54) is 16.8 Å². The van der Waals surface area contributed by atoms with Crippen LogP contribution in [0.25, 0.3) is 5.52 Å². The molecule has 0 amide bonds. The maximum atomic E-state index is 14.3. The summed E-state index contributed by atoms with van der Waals surface area (Å²) in [4.78, 5) is 4.05. The van der Waals surface area contributed by atoms with E-state index in [1.807, 2.05) is 0 Å². The van der Waals surface area contributed by atoms with Crippen molar-refractivity contribution in [1.29, 1.82) is 0 Å². The molecule has 2 aromatic rings. The quantitative estimate of drug-likeness (QED) is 0.684. The van der Waals surface area contributed by atoms with E-state index in [1.54, 1.807) is 0 Å². The van der Waals surface area contributed by atoms with Crippen LogP contribution in [0.15, 0.2) is 12.3 Å². The first kappa shape index (κ1) is 22.2. The molecule has 1 aliphatic carbocycles. The number of sulfonamides is 1. The second-order valence-corrected chi connectivity index (χ2v) is 10.0. The van der Waals surface area contributed by atoms with Gasteiger partial charge in [0, 0.05) is 24.7 Å². The Morgan fingerprint density at radius 1 is 1.23 bits per heavy atom. The minimum absolute atomic E-state index is 0.0240. The van der Waals surface area contributed by atoms with Crippen molar-refractivity contribution in [3.8, 4) is 0 Å². The molecule has 0 bridgehead atoms. The second kappa shape index (κ2) is 8.17. The topological polar surface area (TPSA) is 88.8 Å². The molecule has 8 nitrogen and oxygen atoms in total. The first-order valence-electron chi connectivity index (χ1n) is 10.0. The highest BCUT2D eigenvalue weighted by molar-refractivity contribution is 7.88. The maximum absolute atomic E-state index is 14.3. The Bertz CT molecular complexity index is 1050. The van der Waals surface area contributed by atoms with Gasteiger partial charge < -0.3 is 5.32 Å². The average molecular weight is 465 g/mol. The Kier molecular flexibility index (Phi) is 5.85. The van der Waals surface area contributed by atoms with Crippen LogP contribution >= 0.6 is 0 Å². The minimum Gasteiger partial charge on any atom is -0.348 e. The molecule has 0 unspecified atom stereocenters. The summed E-state index contributed by atoms with van der Waals surface area (Å²) < 4.78 is 83.2. The molecule has 2 aromatic heterocycles. The Hall–Kier alpha value is -1.99. The highest BCUT2D eigenvalue weighted by atomic mass is 32.2. The summed E-state index contributed by atoms with van der Waals surface area (Å²) in [6.45, 7) is -0.425. The van der Waals surface area contributed by atoms with E-state index in [2.05, 4.69) is 20.1 Å². The maximum Gasteiger partial charge on any atom is 0.522 e. The number of nitrogens with zero attached hydrogens (tertiary/aromatic N) is 4. The predicted octanol–water partition coefficient (Wildman–Crippen LogP) is 2.88. The summed E-state index contributed by atoms with van der Waals surface area (Å²) in [5.74, 6) is -0.261. The number of fused-ring (bicyclic) bond motifs is 1. The van der Waals surface area contributed by atoms with Crippen LogP contribution in [-0.4, -0.2) is 65.2 Å². The molecule has 13 heteroatoms. The fourth-order valence-electron chi connectivity index (χ4n) is 4.37. The molecule has 0 radical (unpaired) electrons. The van der Waals surface area contributed by atoms with Gasteiger partial charge in [0.05, 0.1) is 18.5 Å². The van der Waals surface area contributed by atoms with Crippen LogP contribution in [0.4, 0.5) is 23.5 Å². The largest absolute Gasteiger partial charge is 0.522 e. The third kappa shape index (κ3) is 4.93. The number of alkyl halides is 3. The van der Waals surface area contributed by atoms with Gasteiger partial charge in [-0.05, 0) is 25.3 Å². The van der Waals surface area contributed by atoms with Gasteiger partial charge in [0.2, 0.25) is 16.0 Å². The van der Waals surface area contributed by atoms with E-state index in [0.717, 1.165) is 36.2 Å². The van der Waals surface area contributed by atoms with Crippen LogP contribution in [-0.2, 0) is 14.8 Å². The Labute approximate surface area is 176 Å². The monoisotopic (exact) mass is 465 g/mol. The molecular formula is C18H23F4N5O3S. The average Bonchev–Trinajstić information content (AvgIpc) is 3.29. The lowest BCUT2D eigenvalue weighted by Gasteiger charge is -2.37.